The van der Waals surface area contributed by atoms with Crippen LogP contribution in [0.2, 0.25) is 0 Å². The molecule has 2 aromatic rings. The molecule has 6 nitrogen and oxygen atoms in total. The molecule has 0 saturated heterocycles. The lowest BCUT2D eigenvalue weighted by atomic mass is 9.59. The number of rotatable bonds is 6. The SMILES string of the molecule is CCC1=CC(=O)C2(OC)C(=O)c3c(OCc4ccccc4)noc3C(C(C)C)C2C1. The van der Waals surface area contributed by atoms with Crippen molar-refractivity contribution in [1.82, 2.24) is 5.16 Å². The van der Waals surface area contributed by atoms with Gasteiger partial charge < -0.3 is 14.0 Å². The highest BCUT2D eigenvalue weighted by molar-refractivity contribution is 6.23. The third kappa shape index (κ3) is 3.01. The molecule has 1 aromatic carbocycles. The Morgan fingerprint density at radius 2 is 1.97 bits per heavy atom. The normalized spacial score (nSPS) is 25.7. The first-order valence-corrected chi connectivity index (χ1v) is 10.4. The summed E-state index contributed by atoms with van der Waals surface area (Å²) >= 11 is 0. The Morgan fingerprint density at radius 3 is 2.60 bits per heavy atom. The molecule has 158 valence electrons. The second-order valence-corrected chi connectivity index (χ2v) is 8.37. The molecule has 0 amide bonds. The Morgan fingerprint density at radius 1 is 1.23 bits per heavy atom. The van der Waals surface area contributed by atoms with Gasteiger partial charge in [0.15, 0.2) is 17.1 Å². The zero-order valence-corrected chi connectivity index (χ0v) is 17.8. The lowest BCUT2D eigenvalue weighted by Gasteiger charge is -2.46. The molecular formula is C24H27NO5. The maximum absolute atomic E-state index is 13.7. The van der Waals surface area contributed by atoms with Crippen LogP contribution in [0.5, 0.6) is 5.88 Å². The van der Waals surface area contributed by atoms with Crippen molar-refractivity contribution in [3.63, 3.8) is 0 Å². The smallest absolute Gasteiger partial charge is 0.265 e. The summed E-state index contributed by atoms with van der Waals surface area (Å²) in [6.45, 7) is 6.39. The molecule has 0 fully saturated rings. The number of benzene rings is 1. The van der Waals surface area contributed by atoms with E-state index in [0.717, 1.165) is 17.6 Å². The highest BCUT2D eigenvalue weighted by Gasteiger charge is 2.62. The lowest BCUT2D eigenvalue weighted by Crippen LogP contribution is -2.60. The van der Waals surface area contributed by atoms with Crippen LogP contribution in [0.1, 0.15) is 61.2 Å². The molecule has 0 N–H and O–H groups in total. The minimum atomic E-state index is -1.56. The fourth-order valence-corrected chi connectivity index (χ4v) is 4.90. The minimum Gasteiger partial charge on any atom is -0.470 e. The summed E-state index contributed by atoms with van der Waals surface area (Å²) < 4.78 is 17.3. The Bertz CT molecular complexity index is 990. The summed E-state index contributed by atoms with van der Waals surface area (Å²) in [4.78, 5) is 27.0. The Kier molecular flexibility index (Phi) is 5.36. The van der Waals surface area contributed by atoms with Gasteiger partial charge in [-0.2, -0.15) is 0 Å². The van der Waals surface area contributed by atoms with Crippen molar-refractivity contribution in [2.45, 2.75) is 51.7 Å². The number of carbonyl (C=O) groups excluding carboxylic acids is 2. The van der Waals surface area contributed by atoms with Crippen molar-refractivity contribution in [2.24, 2.45) is 11.8 Å². The van der Waals surface area contributed by atoms with Crippen molar-refractivity contribution < 1.29 is 23.6 Å². The molecular weight excluding hydrogens is 382 g/mol. The standard InChI is InChI=1S/C24H27NO5/c1-5-15-11-17-19(14(2)3)21-20(22(27)24(17,28-4)18(26)12-15)23(25-30-21)29-13-16-9-7-6-8-10-16/h6-10,12,14,17,19H,5,11,13H2,1-4H3. The predicted octanol–water partition coefficient (Wildman–Crippen LogP) is 4.50. The van der Waals surface area contributed by atoms with Crippen molar-refractivity contribution in [2.75, 3.05) is 7.11 Å². The molecule has 0 saturated carbocycles. The van der Waals surface area contributed by atoms with E-state index in [2.05, 4.69) is 19.0 Å². The number of methoxy groups -OCH3 is 1. The maximum atomic E-state index is 13.7. The molecule has 0 radical (unpaired) electrons. The quantitative estimate of drug-likeness (QED) is 0.654. The number of ketones is 2. The van der Waals surface area contributed by atoms with E-state index >= 15 is 0 Å². The Balaban J connectivity index is 1.79. The molecule has 2 aliphatic carbocycles. The van der Waals surface area contributed by atoms with Crippen molar-refractivity contribution in [3.05, 3.63) is 58.9 Å². The zero-order valence-electron chi connectivity index (χ0n) is 17.8. The van der Waals surface area contributed by atoms with Gasteiger partial charge in [0.25, 0.3) is 5.88 Å². The average Bonchev–Trinajstić information content (AvgIpc) is 3.16. The summed E-state index contributed by atoms with van der Waals surface area (Å²) in [5.41, 5.74) is 0.655. The van der Waals surface area contributed by atoms with Crippen molar-refractivity contribution >= 4 is 11.6 Å². The number of aromatic nitrogens is 1. The predicted molar refractivity (Wildman–Crippen MR) is 110 cm³/mol. The highest BCUT2D eigenvalue weighted by atomic mass is 16.5. The van der Waals surface area contributed by atoms with Crippen LogP contribution in [0.4, 0.5) is 0 Å². The van der Waals surface area contributed by atoms with Gasteiger partial charge in [0.2, 0.25) is 5.78 Å². The van der Waals surface area contributed by atoms with Crippen LogP contribution < -0.4 is 4.74 Å². The summed E-state index contributed by atoms with van der Waals surface area (Å²) in [7, 11) is 1.44. The van der Waals surface area contributed by atoms with Gasteiger partial charge in [0.1, 0.15) is 12.2 Å². The Labute approximate surface area is 176 Å². The largest absolute Gasteiger partial charge is 0.470 e. The van der Waals surface area contributed by atoms with E-state index in [1.54, 1.807) is 6.08 Å². The average molecular weight is 409 g/mol. The topological polar surface area (TPSA) is 78.6 Å². The number of nitrogens with zero attached hydrogens (tertiary/aromatic N) is 1. The van der Waals surface area contributed by atoms with Crippen molar-refractivity contribution in [3.8, 4) is 5.88 Å². The second-order valence-electron chi connectivity index (χ2n) is 8.37. The monoisotopic (exact) mass is 409 g/mol. The van der Waals surface area contributed by atoms with Crippen LogP contribution in [-0.2, 0) is 16.1 Å². The van der Waals surface area contributed by atoms with Gasteiger partial charge in [-0.25, -0.2) is 0 Å². The van der Waals surface area contributed by atoms with Gasteiger partial charge in [-0.05, 0) is 35.6 Å². The van der Waals surface area contributed by atoms with Crippen LogP contribution in [0.25, 0.3) is 0 Å². The third-order valence-corrected chi connectivity index (χ3v) is 6.41. The summed E-state index contributed by atoms with van der Waals surface area (Å²) in [5.74, 6) is -0.478. The summed E-state index contributed by atoms with van der Waals surface area (Å²) in [5, 5.41) is 4.08. The van der Waals surface area contributed by atoms with Crippen LogP contribution in [0.15, 0.2) is 46.5 Å². The van der Waals surface area contributed by atoms with Crippen LogP contribution >= 0.6 is 0 Å². The first-order valence-electron chi connectivity index (χ1n) is 10.4. The number of Topliss-reactive ketones (excluding diaryl/α,β-unsaturated/α-hetero) is 1. The molecule has 6 heteroatoms. The molecule has 2 aliphatic rings. The van der Waals surface area contributed by atoms with E-state index in [9.17, 15) is 9.59 Å². The van der Waals surface area contributed by atoms with Gasteiger partial charge in [-0.3, -0.25) is 9.59 Å². The number of allylic oxidation sites excluding steroid dienone is 1. The number of ether oxygens (including phenoxy) is 2. The van der Waals surface area contributed by atoms with Crippen LogP contribution in [0.3, 0.4) is 0 Å². The van der Waals surface area contributed by atoms with Gasteiger partial charge >= 0.3 is 0 Å². The van der Waals surface area contributed by atoms with E-state index in [0.29, 0.717) is 12.2 Å². The molecule has 0 aliphatic heterocycles. The fourth-order valence-electron chi connectivity index (χ4n) is 4.90. The first kappa shape index (κ1) is 20.5. The lowest BCUT2D eigenvalue weighted by molar-refractivity contribution is -0.140. The molecule has 3 unspecified atom stereocenters. The third-order valence-electron chi connectivity index (χ3n) is 6.41. The maximum Gasteiger partial charge on any atom is 0.265 e. The van der Waals surface area contributed by atoms with Gasteiger partial charge in [-0.1, -0.05) is 56.7 Å². The molecule has 1 heterocycles. The highest BCUT2D eigenvalue weighted by Crippen LogP contribution is 2.53. The van der Waals surface area contributed by atoms with E-state index in [4.69, 9.17) is 14.0 Å². The van der Waals surface area contributed by atoms with Crippen LogP contribution in [-0.4, -0.2) is 29.4 Å². The fraction of sp³-hybridized carbons (Fsp3) is 0.458. The molecule has 30 heavy (non-hydrogen) atoms. The Hall–Kier alpha value is -2.73. The minimum absolute atomic E-state index is 0.121. The number of hydrogen-bond acceptors (Lipinski definition) is 6. The number of carbonyl (C=O) groups is 2. The first-order chi connectivity index (χ1) is 14.4. The van der Waals surface area contributed by atoms with Gasteiger partial charge in [0, 0.05) is 18.9 Å². The van der Waals surface area contributed by atoms with Crippen LogP contribution in [0, 0.1) is 11.8 Å². The van der Waals surface area contributed by atoms with E-state index < -0.39 is 11.4 Å². The van der Waals surface area contributed by atoms with E-state index in [1.165, 1.54) is 7.11 Å². The molecule has 0 spiro atoms. The summed E-state index contributed by atoms with van der Waals surface area (Å²) in [6, 6.07) is 9.62. The molecule has 1 aromatic heterocycles. The second kappa shape index (κ2) is 7.84. The molecule has 0 bridgehead atoms. The summed E-state index contributed by atoms with van der Waals surface area (Å²) in [6.07, 6.45) is 2.96. The van der Waals surface area contributed by atoms with Crippen molar-refractivity contribution in [1.29, 1.82) is 0 Å². The number of fused-ring (bicyclic) bond motifs is 2. The van der Waals surface area contributed by atoms with Gasteiger partial charge in [0.05, 0.1) is 0 Å². The van der Waals surface area contributed by atoms with Gasteiger partial charge in [-0.15, -0.1) is 0 Å². The zero-order chi connectivity index (χ0) is 21.5. The molecule has 4 rings (SSSR count). The number of hydrogen-bond donors (Lipinski definition) is 0. The molecule has 3 atom stereocenters. The van der Waals surface area contributed by atoms with E-state index in [1.807, 2.05) is 37.3 Å². The van der Waals surface area contributed by atoms with E-state index in [-0.39, 0.29) is 41.6 Å².